The molecule has 0 radical (unpaired) electrons. The zero-order valence-corrected chi connectivity index (χ0v) is 15.7. The van der Waals surface area contributed by atoms with Crippen molar-refractivity contribution < 1.29 is 27.8 Å². The highest BCUT2D eigenvalue weighted by Gasteiger charge is 2.38. The van der Waals surface area contributed by atoms with Crippen LogP contribution >= 0.6 is 0 Å². The fourth-order valence-electron chi connectivity index (χ4n) is 2.46. The number of aliphatic hydroxyl groups is 1. The van der Waals surface area contributed by atoms with E-state index in [2.05, 4.69) is 20.3 Å². The Bertz CT molecular complexity index is 1010. The van der Waals surface area contributed by atoms with E-state index < -0.39 is 24.7 Å². The highest BCUT2D eigenvalue weighted by molar-refractivity contribution is 5.96. The summed E-state index contributed by atoms with van der Waals surface area (Å²) in [7, 11) is 1.66. The third-order valence-corrected chi connectivity index (χ3v) is 4.05. The molecule has 0 spiro atoms. The molecule has 0 bridgehead atoms. The molecule has 158 valence electrons. The largest absolute Gasteiger partial charge is 0.471 e. The minimum Gasteiger partial charge on any atom is -0.471 e. The lowest BCUT2D eigenvalue weighted by molar-refractivity contribution is -0.201. The average molecular weight is 422 g/mol. The van der Waals surface area contributed by atoms with E-state index in [1.807, 2.05) is 5.32 Å². The van der Waals surface area contributed by atoms with Gasteiger partial charge in [-0.1, -0.05) is 11.3 Å². The molecule has 9 nitrogen and oxygen atoms in total. The maximum absolute atomic E-state index is 12.4. The lowest BCUT2D eigenvalue weighted by Gasteiger charge is -2.16. The Morgan fingerprint density at radius 2 is 2.00 bits per heavy atom. The lowest BCUT2D eigenvalue weighted by Crippen LogP contribution is -2.40. The number of halogens is 3. The van der Waals surface area contributed by atoms with Crippen molar-refractivity contribution in [2.24, 2.45) is 7.05 Å². The number of carbonyl (C=O) groups is 1. The Balaban J connectivity index is 1.74. The van der Waals surface area contributed by atoms with Gasteiger partial charge in [-0.25, -0.2) is 9.67 Å². The number of pyridine rings is 2. The maximum atomic E-state index is 12.4. The molecule has 30 heavy (non-hydrogen) atoms. The number of nitrogens with zero attached hydrogens (tertiary/aromatic N) is 5. The van der Waals surface area contributed by atoms with Crippen LogP contribution in [-0.4, -0.2) is 54.8 Å². The number of aliphatic hydroxyl groups excluding tert-OH is 1. The lowest BCUT2D eigenvalue weighted by atomic mass is 10.2. The summed E-state index contributed by atoms with van der Waals surface area (Å²) in [6.45, 7) is -1.07. The Morgan fingerprint density at radius 1 is 1.23 bits per heavy atom. The zero-order valence-electron chi connectivity index (χ0n) is 15.7. The van der Waals surface area contributed by atoms with Crippen LogP contribution in [0, 0.1) is 0 Å². The number of rotatable bonds is 7. The van der Waals surface area contributed by atoms with Crippen LogP contribution in [0.2, 0.25) is 0 Å². The minimum atomic E-state index is -4.84. The van der Waals surface area contributed by atoms with Crippen LogP contribution < -0.4 is 10.1 Å². The first-order chi connectivity index (χ1) is 14.3. The van der Waals surface area contributed by atoms with Gasteiger partial charge >= 0.3 is 6.18 Å². The van der Waals surface area contributed by atoms with Crippen molar-refractivity contribution in [2.45, 2.75) is 18.9 Å². The van der Waals surface area contributed by atoms with Crippen LogP contribution in [0.3, 0.4) is 0 Å². The monoisotopic (exact) mass is 422 g/mol. The van der Waals surface area contributed by atoms with E-state index in [1.54, 1.807) is 31.4 Å². The van der Waals surface area contributed by atoms with Gasteiger partial charge in [-0.3, -0.25) is 9.78 Å². The van der Waals surface area contributed by atoms with E-state index in [1.165, 1.54) is 23.0 Å². The minimum absolute atomic E-state index is 0.0716. The molecule has 0 aliphatic rings. The van der Waals surface area contributed by atoms with E-state index in [9.17, 15) is 18.0 Å². The van der Waals surface area contributed by atoms with Crippen molar-refractivity contribution in [1.29, 1.82) is 0 Å². The summed E-state index contributed by atoms with van der Waals surface area (Å²) in [5, 5.41) is 19.1. The normalized spacial score (nSPS) is 12.4. The summed E-state index contributed by atoms with van der Waals surface area (Å²) < 4.78 is 44.4. The molecule has 0 aliphatic heterocycles. The second kappa shape index (κ2) is 8.86. The summed E-state index contributed by atoms with van der Waals surface area (Å²) in [5.41, 5.74) is 1.53. The first-order valence-electron chi connectivity index (χ1n) is 8.68. The average Bonchev–Trinajstić information content (AvgIpc) is 3.10. The fraction of sp³-hybridized carbons (Fsp3) is 0.278. The number of hydrogen-bond donors (Lipinski definition) is 2. The Kier molecular flexibility index (Phi) is 6.26. The summed E-state index contributed by atoms with van der Waals surface area (Å²) in [6, 6.07) is 8.08. The Labute approximate surface area is 168 Å². The highest BCUT2D eigenvalue weighted by Crippen LogP contribution is 2.22. The third kappa shape index (κ3) is 4.89. The molecule has 3 rings (SSSR count). The van der Waals surface area contributed by atoms with Crippen molar-refractivity contribution in [3.05, 3.63) is 54.0 Å². The first kappa shape index (κ1) is 21.2. The molecule has 0 saturated carbocycles. The number of aryl methyl sites for hydroxylation is 1. The van der Waals surface area contributed by atoms with E-state index in [4.69, 9.17) is 9.84 Å². The quantitative estimate of drug-likeness (QED) is 0.593. The zero-order chi connectivity index (χ0) is 21.7. The van der Waals surface area contributed by atoms with Crippen molar-refractivity contribution in [3.63, 3.8) is 0 Å². The van der Waals surface area contributed by atoms with Gasteiger partial charge in [0, 0.05) is 19.4 Å². The molecular formula is C18H17F3N6O3. The molecule has 3 aromatic rings. The van der Waals surface area contributed by atoms with Crippen LogP contribution in [0.15, 0.2) is 42.7 Å². The summed E-state index contributed by atoms with van der Waals surface area (Å²) >= 11 is 0. The first-order valence-corrected chi connectivity index (χ1v) is 8.68. The predicted octanol–water partition coefficient (Wildman–Crippen LogP) is 1.50. The molecule has 3 heterocycles. The highest BCUT2D eigenvalue weighted by atomic mass is 19.4. The number of carbonyl (C=O) groups excluding carboxylic acids is 1. The van der Waals surface area contributed by atoms with E-state index in [0.717, 1.165) is 0 Å². The number of nitrogens with one attached hydrogen (secondary N) is 1. The molecule has 1 atom stereocenters. The second-order valence-electron chi connectivity index (χ2n) is 6.14. The van der Waals surface area contributed by atoms with Gasteiger partial charge in [0.1, 0.15) is 23.6 Å². The van der Waals surface area contributed by atoms with E-state index >= 15 is 0 Å². The third-order valence-electron chi connectivity index (χ3n) is 4.05. The van der Waals surface area contributed by atoms with E-state index in [0.29, 0.717) is 17.1 Å². The molecule has 0 fully saturated rings. The molecule has 12 heteroatoms. The molecule has 1 amide bonds. The Morgan fingerprint density at radius 3 is 2.70 bits per heavy atom. The van der Waals surface area contributed by atoms with Crippen LogP contribution in [-0.2, 0) is 13.7 Å². The fourth-order valence-corrected chi connectivity index (χ4v) is 2.46. The topological polar surface area (TPSA) is 115 Å². The summed E-state index contributed by atoms with van der Waals surface area (Å²) in [6.07, 6.45) is -4.54. The molecule has 2 N–H and O–H groups in total. The van der Waals surface area contributed by atoms with Crippen molar-refractivity contribution >= 4 is 5.91 Å². The number of ether oxygens (including phenoxy) is 1. The molecule has 0 aromatic carbocycles. The number of hydrogen-bond acceptors (Lipinski definition) is 7. The van der Waals surface area contributed by atoms with Crippen molar-refractivity contribution in [2.75, 3.05) is 6.54 Å². The van der Waals surface area contributed by atoms with Crippen LogP contribution in [0.4, 0.5) is 13.2 Å². The van der Waals surface area contributed by atoms with Gasteiger partial charge < -0.3 is 15.2 Å². The van der Waals surface area contributed by atoms with Gasteiger partial charge in [-0.05, 0) is 24.3 Å². The second-order valence-corrected chi connectivity index (χ2v) is 6.14. The molecule has 0 saturated heterocycles. The SMILES string of the molecule is Cn1nnc(-c2ccccn2)c1COc1ncccc1C(=O)NCC(O)C(F)(F)F. The van der Waals surface area contributed by atoms with Gasteiger partial charge in [-0.2, -0.15) is 13.2 Å². The number of amides is 1. The van der Waals surface area contributed by atoms with Gasteiger partial charge in [0.2, 0.25) is 5.88 Å². The van der Waals surface area contributed by atoms with Gasteiger partial charge in [-0.15, -0.1) is 5.10 Å². The molecule has 0 aliphatic carbocycles. The summed E-state index contributed by atoms with van der Waals surface area (Å²) in [5.74, 6) is -0.959. The van der Waals surface area contributed by atoms with Crippen LogP contribution in [0.5, 0.6) is 5.88 Å². The van der Waals surface area contributed by atoms with Crippen molar-refractivity contribution in [3.8, 4) is 17.3 Å². The van der Waals surface area contributed by atoms with E-state index in [-0.39, 0.29) is 18.1 Å². The van der Waals surface area contributed by atoms with Crippen molar-refractivity contribution in [1.82, 2.24) is 30.3 Å². The van der Waals surface area contributed by atoms with Gasteiger partial charge in [0.25, 0.3) is 5.91 Å². The predicted molar refractivity (Wildman–Crippen MR) is 97.2 cm³/mol. The van der Waals surface area contributed by atoms with Gasteiger partial charge in [0.15, 0.2) is 6.10 Å². The van der Waals surface area contributed by atoms with Gasteiger partial charge in [0.05, 0.1) is 12.2 Å². The number of aromatic nitrogens is 5. The molecule has 1 unspecified atom stereocenters. The Hall–Kier alpha value is -3.54. The smallest absolute Gasteiger partial charge is 0.416 e. The van der Waals surface area contributed by atoms with Crippen LogP contribution in [0.25, 0.3) is 11.4 Å². The van der Waals surface area contributed by atoms with Crippen LogP contribution in [0.1, 0.15) is 16.1 Å². The number of alkyl halides is 3. The standard InChI is InChI=1S/C18H17F3N6O3/c1-27-13(15(25-26-27)12-6-2-3-7-22-12)10-30-17-11(5-4-8-23-17)16(29)24-9-14(28)18(19,20)21/h2-8,14,28H,9-10H2,1H3,(H,24,29). The maximum Gasteiger partial charge on any atom is 0.416 e. The molecule has 3 aromatic heterocycles. The molecular weight excluding hydrogens is 405 g/mol. The summed E-state index contributed by atoms with van der Waals surface area (Å²) in [4.78, 5) is 20.5.